The predicted octanol–water partition coefficient (Wildman–Crippen LogP) is 3.85. The molecule has 1 heterocycles. The zero-order chi connectivity index (χ0) is 11.9. The summed E-state index contributed by atoms with van der Waals surface area (Å²) in [6.45, 7) is 0. The van der Waals surface area contributed by atoms with Crippen LogP contribution in [0.25, 0.3) is 0 Å². The average Bonchev–Trinajstić information content (AvgIpc) is 2.86. The van der Waals surface area contributed by atoms with Gasteiger partial charge >= 0.3 is 0 Å². The fourth-order valence-corrected chi connectivity index (χ4v) is 4.27. The molecule has 0 saturated carbocycles. The minimum absolute atomic E-state index is 0.166. The third-order valence-electron chi connectivity index (χ3n) is 3.51. The summed E-state index contributed by atoms with van der Waals surface area (Å²) >= 11 is 5.29. The van der Waals surface area contributed by atoms with Crippen molar-refractivity contribution in [3.63, 3.8) is 0 Å². The minimum atomic E-state index is -0.166. The summed E-state index contributed by atoms with van der Waals surface area (Å²) in [6.07, 6.45) is 3.11. The molecule has 0 radical (unpaired) electrons. The van der Waals surface area contributed by atoms with Gasteiger partial charge in [0.1, 0.15) is 0 Å². The van der Waals surface area contributed by atoms with Crippen molar-refractivity contribution >= 4 is 27.3 Å². The van der Waals surface area contributed by atoms with Gasteiger partial charge in [-0.2, -0.15) is 0 Å². The monoisotopic (exact) mass is 307 g/mol. The van der Waals surface area contributed by atoms with E-state index in [4.69, 9.17) is 5.73 Å². The number of benzene rings is 1. The van der Waals surface area contributed by atoms with Crippen LogP contribution in [0, 0.1) is 0 Å². The normalized spacial score (nSPS) is 22.7. The molecular weight excluding hydrogens is 294 g/mol. The van der Waals surface area contributed by atoms with Gasteiger partial charge in [-0.3, -0.25) is 0 Å². The molecule has 3 heteroatoms. The van der Waals surface area contributed by atoms with Crippen LogP contribution in [0.3, 0.4) is 0 Å². The van der Waals surface area contributed by atoms with E-state index in [1.54, 1.807) is 11.3 Å². The molecule has 1 atom stereocenters. The van der Waals surface area contributed by atoms with E-state index in [2.05, 4.69) is 52.3 Å². The number of thiophene rings is 1. The second-order valence-corrected chi connectivity index (χ2v) is 7.24. The Kier molecular flexibility index (Phi) is 2.85. The second-order valence-electron chi connectivity index (χ2n) is 4.70. The number of hydrogen-bond donors (Lipinski definition) is 1. The van der Waals surface area contributed by atoms with Gasteiger partial charge in [0, 0.05) is 16.8 Å². The SMILES string of the molecule is NC1(Cc2ccc(Br)s2)CCc2ccccc21. The molecule has 1 aliphatic carbocycles. The van der Waals surface area contributed by atoms with Gasteiger partial charge in [-0.05, 0) is 52.0 Å². The van der Waals surface area contributed by atoms with Crippen molar-refractivity contribution in [2.75, 3.05) is 0 Å². The number of fused-ring (bicyclic) bond motifs is 1. The largest absolute Gasteiger partial charge is 0.321 e. The molecule has 2 N–H and O–H groups in total. The molecule has 1 nitrogen and oxygen atoms in total. The molecule has 0 aliphatic heterocycles. The smallest absolute Gasteiger partial charge is 0.0701 e. The van der Waals surface area contributed by atoms with E-state index in [1.807, 2.05) is 0 Å². The van der Waals surface area contributed by atoms with Crippen LogP contribution in [0.15, 0.2) is 40.2 Å². The summed E-state index contributed by atoms with van der Waals surface area (Å²) in [5.41, 5.74) is 9.20. The minimum Gasteiger partial charge on any atom is -0.321 e. The van der Waals surface area contributed by atoms with Crippen molar-refractivity contribution in [2.45, 2.75) is 24.8 Å². The summed E-state index contributed by atoms with van der Waals surface area (Å²) in [5, 5.41) is 0. The quantitative estimate of drug-likeness (QED) is 0.896. The first-order valence-corrected chi connectivity index (χ1v) is 7.40. The number of nitrogens with two attached hydrogens (primary N) is 1. The molecule has 0 bridgehead atoms. The first-order chi connectivity index (χ1) is 8.17. The van der Waals surface area contributed by atoms with E-state index in [0.29, 0.717) is 0 Å². The van der Waals surface area contributed by atoms with E-state index in [9.17, 15) is 0 Å². The predicted molar refractivity (Wildman–Crippen MR) is 76.4 cm³/mol. The zero-order valence-electron chi connectivity index (χ0n) is 9.45. The van der Waals surface area contributed by atoms with Crippen molar-refractivity contribution < 1.29 is 0 Å². The van der Waals surface area contributed by atoms with Crippen molar-refractivity contribution in [1.29, 1.82) is 0 Å². The molecule has 3 rings (SSSR count). The lowest BCUT2D eigenvalue weighted by atomic mass is 9.89. The lowest BCUT2D eigenvalue weighted by Gasteiger charge is -2.24. The number of rotatable bonds is 2. The average molecular weight is 308 g/mol. The van der Waals surface area contributed by atoms with Crippen LogP contribution >= 0.6 is 27.3 Å². The van der Waals surface area contributed by atoms with Gasteiger partial charge in [-0.15, -0.1) is 11.3 Å². The second kappa shape index (κ2) is 4.23. The zero-order valence-corrected chi connectivity index (χ0v) is 11.9. The molecule has 1 unspecified atom stereocenters. The summed E-state index contributed by atoms with van der Waals surface area (Å²) in [4.78, 5) is 1.36. The Balaban J connectivity index is 1.93. The van der Waals surface area contributed by atoms with Crippen LogP contribution in [-0.2, 0) is 18.4 Å². The molecule has 0 spiro atoms. The maximum atomic E-state index is 6.60. The van der Waals surface area contributed by atoms with E-state index >= 15 is 0 Å². The van der Waals surface area contributed by atoms with Gasteiger partial charge in [-0.25, -0.2) is 0 Å². The maximum absolute atomic E-state index is 6.60. The Labute approximate surface area is 114 Å². The van der Waals surface area contributed by atoms with E-state index in [0.717, 1.165) is 19.3 Å². The van der Waals surface area contributed by atoms with E-state index < -0.39 is 0 Å². The Hall–Kier alpha value is -0.640. The highest BCUT2D eigenvalue weighted by atomic mass is 79.9. The molecule has 1 aromatic heterocycles. The lowest BCUT2D eigenvalue weighted by Crippen LogP contribution is -2.36. The molecule has 2 aromatic rings. The van der Waals surface area contributed by atoms with Gasteiger partial charge in [-0.1, -0.05) is 24.3 Å². The summed E-state index contributed by atoms with van der Waals surface area (Å²) in [6, 6.07) is 12.9. The molecule has 0 fully saturated rings. The van der Waals surface area contributed by atoms with Crippen LogP contribution in [0.5, 0.6) is 0 Å². The molecular formula is C14H14BrNS. The Morgan fingerprint density at radius 2 is 2.06 bits per heavy atom. The van der Waals surface area contributed by atoms with Crippen molar-refractivity contribution in [1.82, 2.24) is 0 Å². The molecule has 0 amide bonds. The van der Waals surface area contributed by atoms with Crippen LogP contribution in [-0.4, -0.2) is 0 Å². The van der Waals surface area contributed by atoms with Crippen LogP contribution < -0.4 is 5.73 Å². The standard InChI is InChI=1S/C14H14BrNS/c15-13-6-5-11(17-13)9-14(16)8-7-10-3-1-2-4-12(10)14/h1-6H,7-9,16H2. The van der Waals surface area contributed by atoms with Gasteiger partial charge in [0.15, 0.2) is 0 Å². The number of hydrogen-bond acceptors (Lipinski definition) is 2. The topological polar surface area (TPSA) is 26.0 Å². The van der Waals surface area contributed by atoms with Crippen molar-refractivity contribution in [3.8, 4) is 0 Å². The van der Waals surface area contributed by atoms with Crippen molar-refractivity contribution in [3.05, 3.63) is 56.2 Å². The summed E-state index contributed by atoms with van der Waals surface area (Å²) < 4.78 is 1.18. The third-order valence-corrected chi connectivity index (χ3v) is 5.14. The Morgan fingerprint density at radius 1 is 1.24 bits per heavy atom. The highest BCUT2D eigenvalue weighted by Crippen LogP contribution is 2.38. The van der Waals surface area contributed by atoms with Gasteiger partial charge < -0.3 is 5.73 Å². The third kappa shape index (κ3) is 2.07. The Bertz CT molecular complexity index is 549. The highest BCUT2D eigenvalue weighted by Gasteiger charge is 2.34. The van der Waals surface area contributed by atoms with Crippen LogP contribution in [0.2, 0.25) is 0 Å². The fraction of sp³-hybridized carbons (Fsp3) is 0.286. The first kappa shape index (κ1) is 11.5. The van der Waals surface area contributed by atoms with E-state index in [-0.39, 0.29) is 5.54 Å². The maximum Gasteiger partial charge on any atom is 0.0701 e. The molecule has 0 saturated heterocycles. The number of halogens is 1. The van der Waals surface area contributed by atoms with Crippen LogP contribution in [0.1, 0.15) is 22.4 Å². The van der Waals surface area contributed by atoms with Gasteiger partial charge in [0.2, 0.25) is 0 Å². The van der Waals surface area contributed by atoms with Gasteiger partial charge in [0.05, 0.1) is 3.79 Å². The number of aryl methyl sites for hydroxylation is 1. The van der Waals surface area contributed by atoms with E-state index in [1.165, 1.54) is 19.8 Å². The first-order valence-electron chi connectivity index (χ1n) is 5.79. The summed E-state index contributed by atoms with van der Waals surface area (Å²) in [5.74, 6) is 0. The molecule has 1 aliphatic rings. The summed E-state index contributed by atoms with van der Waals surface area (Å²) in [7, 11) is 0. The van der Waals surface area contributed by atoms with Crippen molar-refractivity contribution in [2.24, 2.45) is 5.73 Å². The molecule has 17 heavy (non-hydrogen) atoms. The fourth-order valence-electron chi connectivity index (χ4n) is 2.66. The van der Waals surface area contributed by atoms with Crippen LogP contribution in [0.4, 0.5) is 0 Å². The molecule has 88 valence electrons. The highest BCUT2D eigenvalue weighted by molar-refractivity contribution is 9.11. The van der Waals surface area contributed by atoms with Gasteiger partial charge in [0.25, 0.3) is 0 Å². The molecule has 1 aromatic carbocycles. The lowest BCUT2D eigenvalue weighted by molar-refractivity contribution is 0.442. The Morgan fingerprint density at radius 3 is 2.82 bits per heavy atom.